The summed E-state index contributed by atoms with van der Waals surface area (Å²) in [6, 6.07) is 6.27. The van der Waals surface area contributed by atoms with Gasteiger partial charge in [-0.15, -0.1) is 0 Å². The molecule has 86 valence electrons. The molecular weight excluding hydrogens is 313 g/mol. The van der Waals surface area contributed by atoms with Gasteiger partial charge in [0.1, 0.15) is 11.3 Å². The Morgan fingerprint density at radius 2 is 2.12 bits per heavy atom. The van der Waals surface area contributed by atoms with Crippen molar-refractivity contribution in [2.75, 3.05) is 0 Å². The molecule has 0 bridgehead atoms. The lowest BCUT2D eigenvalue weighted by molar-refractivity contribution is 0.535. The molecule has 0 aliphatic carbocycles. The zero-order valence-electron chi connectivity index (χ0n) is 9.59. The zero-order chi connectivity index (χ0) is 11.7. The summed E-state index contributed by atoms with van der Waals surface area (Å²) in [7, 11) is 0. The molecule has 2 nitrogen and oxygen atoms in total. The molecule has 1 heterocycles. The van der Waals surface area contributed by atoms with E-state index in [-0.39, 0.29) is 0 Å². The van der Waals surface area contributed by atoms with Crippen LogP contribution in [0.1, 0.15) is 25.2 Å². The van der Waals surface area contributed by atoms with Gasteiger partial charge < -0.3 is 10.2 Å². The van der Waals surface area contributed by atoms with Crippen LogP contribution in [-0.2, 0) is 13.0 Å². The monoisotopic (exact) mass is 329 g/mol. The van der Waals surface area contributed by atoms with Crippen molar-refractivity contribution in [3.63, 3.8) is 0 Å². The second-order valence-corrected chi connectivity index (χ2v) is 5.69. The van der Waals surface area contributed by atoms with Crippen molar-refractivity contribution < 1.29 is 4.42 Å². The number of benzene rings is 1. The molecule has 2 aromatic rings. The van der Waals surface area contributed by atoms with Gasteiger partial charge in [-0.2, -0.15) is 0 Å². The van der Waals surface area contributed by atoms with Gasteiger partial charge in [-0.25, -0.2) is 0 Å². The van der Waals surface area contributed by atoms with Crippen LogP contribution in [0.15, 0.2) is 22.6 Å². The van der Waals surface area contributed by atoms with Gasteiger partial charge in [-0.05, 0) is 53.1 Å². The maximum absolute atomic E-state index is 5.78. The fraction of sp³-hybridized carbons (Fsp3) is 0.385. The number of hydrogen-bond acceptors (Lipinski definition) is 2. The van der Waals surface area contributed by atoms with E-state index in [0.717, 1.165) is 17.8 Å². The lowest BCUT2D eigenvalue weighted by Gasteiger charge is -2.04. The Morgan fingerprint density at radius 3 is 2.75 bits per heavy atom. The van der Waals surface area contributed by atoms with E-state index in [0.29, 0.717) is 12.5 Å². The highest BCUT2D eigenvalue weighted by Crippen LogP contribution is 2.29. The summed E-state index contributed by atoms with van der Waals surface area (Å²) < 4.78 is 7.01. The van der Waals surface area contributed by atoms with Crippen LogP contribution < -0.4 is 5.73 Å². The Morgan fingerprint density at radius 1 is 1.38 bits per heavy atom. The van der Waals surface area contributed by atoms with Crippen molar-refractivity contribution in [3.05, 3.63) is 33.1 Å². The number of hydrogen-bond donors (Lipinski definition) is 1. The second kappa shape index (κ2) is 4.75. The molecular formula is C13H16INO. The lowest BCUT2D eigenvalue weighted by Crippen LogP contribution is -2.01. The summed E-state index contributed by atoms with van der Waals surface area (Å²) in [4.78, 5) is 0. The number of furan rings is 1. The van der Waals surface area contributed by atoms with Crippen LogP contribution >= 0.6 is 22.6 Å². The highest BCUT2D eigenvalue weighted by atomic mass is 127. The maximum Gasteiger partial charge on any atom is 0.134 e. The van der Waals surface area contributed by atoms with Gasteiger partial charge in [-0.3, -0.25) is 0 Å². The van der Waals surface area contributed by atoms with Gasteiger partial charge in [0, 0.05) is 14.5 Å². The quantitative estimate of drug-likeness (QED) is 0.872. The first kappa shape index (κ1) is 11.9. The van der Waals surface area contributed by atoms with Gasteiger partial charge >= 0.3 is 0 Å². The van der Waals surface area contributed by atoms with Gasteiger partial charge in [0.05, 0.1) is 6.54 Å². The van der Waals surface area contributed by atoms with E-state index in [1.54, 1.807) is 0 Å². The molecule has 0 atom stereocenters. The minimum Gasteiger partial charge on any atom is -0.459 e. The Bertz CT molecular complexity index is 502. The highest BCUT2D eigenvalue weighted by molar-refractivity contribution is 14.1. The van der Waals surface area contributed by atoms with Crippen LogP contribution in [0.5, 0.6) is 0 Å². The van der Waals surface area contributed by atoms with Crippen molar-refractivity contribution in [1.29, 1.82) is 0 Å². The molecule has 2 rings (SSSR count). The largest absolute Gasteiger partial charge is 0.459 e. The van der Waals surface area contributed by atoms with Crippen molar-refractivity contribution >= 4 is 33.6 Å². The predicted octanol–water partition coefficient (Wildman–Crippen LogP) is 3.69. The van der Waals surface area contributed by atoms with E-state index >= 15 is 0 Å². The Kier molecular flexibility index (Phi) is 3.54. The van der Waals surface area contributed by atoms with E-state index < -0.39 is 0 Å². The van der Waals surface area contributed by atoms with Crippen molar-refractivity contribution in [2.24, 2.45) is 11.7 Å². The summed E-state index contributed by atoms with van der Waals surface area (Å²) in [6.45, 7) is 4.91. The molecule has 1 aromatic heterocycles. The zero-order valence-corrected chi connectivity index (χ0v) is 11.7. The summed E-state index contributed by atoms with van der Waals surface area (Å²) in [5.74, 6) is 1.55. The number of fused-ring (bicyclic) bond motifs is 1. The summed E-state index contributed by atoms with van der Waals surface area (Å²) >= 11 is 2.33. The third-order valence-corrected chi connectivity index (χ3v) is 3.31. The standard InChI is InChI=1S/C13H16INO/c1-8(2)5-10-11-6-9(14)3-4-12(11)16-13(10)7-15/h3-4,6,8H,5,7,15H2,1-2H3. The van der Waals surface area contributed by atoms with Crippen molar-refractivity contribution in [2.45, 2.75) is 26.8 Å². The van der Waals surface area contributed by atoms with Crippen molar-refractivity contribution in [1.82, 2.24) is 0 Å². The van der Waals surface area contributed by atoms with Crippen LogP contribution in [0.4, 0.5) is 0 Å². The smallest absolute Gasteiger partial charge is 0.134 e. The molecule has 0 aliphatic rings. The Balaban J connectivity index is 2.60. The van der Waals surface area contributed by atoms with Crippen LogP contribution in [0.3, 0.4) is 0 Å². The fourth-order valence-corrected chi connectivity index (χ4v) is 2.46. The average Bonchev–Trinajstić information content (AvgIpc) is 2.56. The second-order valence-electron chi connectivity index (χ2n) is 4.45. The van der Waals surface area contributed by atoms with E-state index in [9.17, 15) is 0 Å². The molecule has 0 saturated heterocycles. The van der Waals surface area contributed by atoms with E-state index in [1.165, 1.54) is 14.5 Å². The lowest BCUT2D eigenvalue weighted by atomic mass is 10.00. The molecule has 0 saturated carbocycles. The summed E-state index contributed by atoms with van der Waals surface area (Å²) in [6.07, 6.45) is 1.03. The van der Waals surface area contributed by atoms with Crippen LogP contribution in [-0.4, -0.2) is 0 Å². The highest BCUT2D eigenvalue weighted by Gasteiger charge is 2.14. The summed E-state index contributed by atoms with van der Waals surface area (Å²) in [5, 5.41) is 1.22. The van der Waals surface area contributed by atoms with Gasteiger partial charge in [0.15, 0.2) is 0 Å². The molecule has 0 fully saturated rings. The van der Waals surface area contributed by atoms with E-state index in [4.69, 9.17) is 10.2 Å². The average molecular weight is 329 g/mol. The first-order valence-corrected chi connectivity index (χ1v) is 6.59. The first-order valence-electron chi connectivity index (χ1n) is 5.51. The summed E-state index contributed by atoms with van der Waals surface area (Å²) in [5.41, 5.74) is 7.97. The maximum atomic E-state index is 5.78. The van der Waals surface area contributed by atoms with Crippen LogP contribution in [0.25, 0.3) is 11.0 Å². The number of nitrogens with two attached hydrogens (primary N) is 1. The third-order valence-electron chi connectivity index (χ3n) is 2.63. The molecule has 0 unspecified atom stereocenters. The number of halogens is 1. The third kappa shape index (κ3) is 2.25. The molecule has 0 amide bonds. The van der Waals surface area contributed by atoms with Gasteiger partial charge in [-0.1, -0.05) is 13.8 Å². The SMILES string of the molecule is CC(C)Cc1c(CN)oc2ccc(I)cc12. The molecule has 1 aromatic carbocycles. The molecule has 0 spiro atoms. The Hall–Kier alpha value is -0.550. The molecule has 2 N–H and O–H groups in total. The van der Waals surface area contributed by atoms with E-state index in [1.807, 2.05) is 6.07 Å². The van der Waals surface area contributed by atoms with Crippen LogP contribution in [0.2, 0.25) is 0 Å². The predicted molar refractivity (Wildman–Crippen MR) is 75.4 cm³/mol. The van der Waals surface area contributed by atoms with Crippen LogP contribution in [0, 0.1) is 9.49 Å². The topological polar surface area (TPSA) is 39.2 Å². The van der Waals surface area contributed by atoms with E-state index in [2.05, 4.69) is 48.6 Å². The van der Waals surface area contributed by atoms with Gasteiger partial charge in [0.2, 0.25) is 0 Å². The fourth-order valence-electron chi connectivity index (χ4n) is 1.97. The van der Waals surface area contributed by atoms with Gasteiger partial charge in [0.25, 0.3) is 0 Å². The normalized spacial score (nSPS) is 11.6. The molecule has 0 aliphatic heterocycles. The Labute approximate surface area is 109 Å². The minimum absolute atomic E-state index is 0.479. The molecule has 16 heavy (non-hydrogen) atoms. The first-order chi connectivity index (χ1) is 7.61. The molecule has 3 heteroatoms. The molecule has 0 radical (unpaired) electrons. The van der Waals surface area contributed by atoms with Crippen molar-refractivity contribution in [3.8, 4) is 0 Å². The number of rotatable bonds is 3. The minimum atomic E-state index is 0.479.